The first-order valence-electron chi connectivity index (χ1n) is 5.48. The van der Waals surface area contributed by atoms with E-state index in [1.807, 2.05) is 0 Å². The summed E-state index contributed by atoms with van der Waals surface area (Å²) in [6.07, 6.45) is 6.25. The molecule has 1 aromatic heterocycles. The molecular weight excluding hydrogens is 272 g/mol. The molecule has 0 radical (unpaired) electrons. The Morgan fingerprint density at radius 3 is 3.07 bits per heavy atom. The summed E-state index contributed by atoms with van der Waals surface area (Å²) < 4.78 is 1.17. The summed E-state index contributed by atoms with van der Waals surface area (Å²) >= 11 is 5.26. The minimum Gasteiger partial charge on any atom is -0.300 e. The lowest BCUT2D eigenvalue weighted by molar-refractivity contribution is -0.119. The Hall–Kier alpha value is -0.150. The minimum absolute atomic E-state index is 0.466. The molecule has 1 unspecified atom stereocenters. The molecule has 0 aliphatic heterocycles. The van der Waals surface area contributed by atoms with Crippen LogP contribution in [0, 0.1) is 5.92 Å². The Balaban J connectivity index is 1.95. The quantitative estimate of drug-likeness (QED) is 0.745. The van der Waals surface area contributed by atoms with Gasteiger partial charge in [-0.1, -0.05) is 6.42 Å². The fourth-order valence-corrected chi connectivity index (χ4v) is 3.77. The van der Waals surface area contributed by atoms with Crippen LogP contribution in [0.3, 0.4) is 0 Å². The van der Waals surface area contributed by atoms with Crippen molar-refractivity contribution in [2.24, 2.45) is 5.92 Å². The lowest BCUT2D eigenvalue weighted by atomic mass is 9.95. The van der Waals surface area contributed by atoms with Crippen LogP contribution in [0.15, 0.2) is 15.9 Å². The molecule has 2 rings (SSSR count). The predicted octanol–water partition coefficient (Wildman–Crippen LogP) is 4.20. The Kier molecular flexibility index (Phi) is 3.98. The maximum Gasteiger partial charge on any atom is 0.133 e. The molecule has 1 atom stereocenters. The smallest absolute Gasteiger partial charge is 0.133 e. The molecule has 1 nitrogen and oxygen atoms in total. The first-order chi connectivity index (χ1) is 7.24. The Bertz CT molecular complexity index is 345. The monoisotopic (exact) mass is 286 g/mol. The van der Waals surface area contributed by atoms with Crippen molar-refractivity contribution < 1.29 is 4.79 Å². The van der Waals surface area contributed by atoms with Crippen molar-refractivity contribution in [2.75, 3.05) is 0 Å². The molecule has 3 heteroatoms. The van der Waals surface area contributed by atoms with Gasteiger partial charge in [0.05, 0.1) is 0 Å². The van der Waals surface area contributed by atoms with Gasteiger partial charge in [-0.2, -0.15) is 0 Å². The van der Waals surface area contributed by atoms with E-state index in [-0.39, 0.29) is 0 Å². The van der Waals surface area contributed by atoms with Gasteiger partial charge in [0.25, 0.3) is 0 Å². The van der Waals surface area contributed by atoms with Crippen LogP contribution >= 0.6 is 27.3 Å². The number of rotatable bonds is 2. The molecule has 1 saturated carbocycles. The van der Waals surface area contributed by atoms with Gasteiger partial charge in [-0.15, -0.1) is 11.3 Å². The van der Waals surface area contributed by atoms with Gasteiger partial charge >= 0.3 is 0 Å². The second-order valence-corrected chi connectivity index (χ2v) is 6.20. The van der Waals surface area contributed by atoms with E-state index in [2.05, 4.69) is 27.4 Å². The molecule has 0 bridgehead atoms. The summed E-state index contributed by atoms with van der Waals surface area (Å²) in [6, 6.07) is 2.18. The standard InChI is InChI=1S/C12H15BrOS/c13-10-7-12(15-8-10)6-9-3-1-2-4-11(14)5-9/h7-9H,1-6H2. The molecule has 0 saturated heterocycles. The first-order valence-corrected chi connectivity index (χ1v) is 7.16. The average molecular weight is 287 g/mol. The highest BCUT2D eigenvalue weighted by Gasteiger charge is 2.18. The van der Waals surface area contributed by atoms with Crippen LogP contribution < -0.4 is 0 Å². The van der Waals surface area contributed by atoms with Crippen molar-refractivity contribution in [2.45, 2.75) is 38.5 Å². The lowest BCUT2D eigenvalue weighted by Crippen LogP contribution is -2.07. The first kappa shape index (κ1) is 11.3. The van der Waals surface area contributed by atoms with Crippen LogP contribution in [0.2, 0.25) is 0 Å². The highest BCUT2D eigenvalue weighted by Crippen LogP contribution is 2.28. The van der Waals surface area contributed by atoms with E-state index in [4.69, 9.17) is 0 Å². The molecule has 1 heterocycles. The SMILES string of the molecule is O=C1CCCCC(Cc2cc(Br)cs2)C1. The number of hydrogen-bond donors (Lipinski definition) is 0. The lowest BCUT2D eigenvalue weighted by Gasteiger charge is -2.11. The van der Waals surface area contributed by atoms with Gasteiger partial charge in [-0.25, -0.2) is 0 Å². The third-order valence-electron chi connectivity index (χ3n) is 2.95. The maximum atomic E-state index is 11.5. The zero-order valence-electron chi connectivity index (χ0n) is 8.67. The van der Waals surface area contributed by atoms with Gasteiger partial charge in [0, 0.05) is 27.6 Å². The predicted molar refractivity (Wildman–Crippen MR) is 67.3 cm³/mol. The molecule has 1 fully saturated rings. The van der Waals surface area contributed by atoms with Crippen LogP contribution in [0.1, 0.15) is 37.0 Å². The fourth-order valence-electron chi connectivity index (χ4n) is 2.20. The number of halogens is 1. The van der Waals surface area contributed by atoms with Crippen LogP contribution in [-0.4, -0.2) is 5.78 Å². The summed E-state index contributed by atoms with van der Waals surface area (Å²) in [6.45, 7) is 0. The minimum atomic E-state index is 0.466. The van der Waals surface area contributed by atoms with E-state index in [1.54, 1.807) is 11.3 Å². The number of ketones is 1. The third-order valence-corrected chi connectivity index (χ3v) is 4.67. The number of carbonyl (C=O) groups excluding carboxylic acids is 1. The van der Waals surface area contributed by atoms with Crippen molar-refractivity contribution in [3.8, 4) is 0 Å². The van der Waals surface area contributed by atoms with Gasteiger partial charge in [-0.05, 0) is 47.2 Å². The number of Topliss-reactive ketones (excluding diaryl/α,β-unsaturated/α-hetero) is 1. The van der Waals surface area contributed by atoms with E-state index in [1.165, 1.54) is 22.2 Å². The molecule has 82 valence electrons. The third kappa shape index (κ3) is 3.42. The molecule has 1 aliphatic rings. The normalized spacial score (nSPS) is 22.7. The van der Waals surface area contributed by atoms with Crippen LogP contribution in [0.5, 0.6) is 0 Å². The van der Waals surface area contributed by atoms with Crippen molar-refractivity contribution in [3.05, 3.63) is 20.8 Å². The van der Waals surface area contributed by atoms with E-state index in [0.717, 1.165) is 25.7 Å². The van der Waals surface area contributed by atoms with E-state index >= 15 is 0 Å². The van der Waals surface area contributed by atoms with E-state index < -0.39 is 0 Å². The Labute approximate surface area is 103 Å². The van der Waals surface area contributed by atoms with Gasteiger partial charge in [0.15, 0.2) is 0 Å². The van der Waals surface area contributed by atoms with Gasteiger partial charge < -0.3 is 0 Å². The molecule has 15 heavy (non-hydrogen) atoms. The molecule has 0 aromatic carbocycles. The second-order valence-electron chi connectivity index (χ2n) is 4.29. The molecule has 1 aliphatic carbocycles. The Morgan fingerprint density at radius 2 is 2.33 bits per heavy atom. The van der Waals surface area contributed by atoms with Crippen molar-refractivity contribution in [1.82, 2.24) is 0 Å². The molecule has 1 aromatic rings. The Morgan fingerprint density at radius 1 is 1.47 bits per heavy atom. The summed E-state index contributed by atoms with van der Waals surface area (Å²) in [5, 5.41) is 2.12. The maximum absolute atomic E-state index is 11.5. The number of carbonyl (C=O) groups is 1. The summed E-state index contributed by atoms with van der Waals surface area (Å²) in [4.78, 5) is 12.9. The van der Waals surface area contributed by atoms with E-state index in [9.17, 15) is 4.79 Å². The molecular formula is C12H15BrOS. The zero-order valence-corrected chi connectivity index (χ0v) is 11.1. The van der Waals surface area contributed by atoms with Crippen LogP contribution in [0.4, 0.5) is 0 Å². The fraction of sp³-hybridized carbons (Fsp3) is 0.583. The van der Waals surface area contributed by atoms with Crippen molar-refractivity contribution in [1.29, 1.82) is 0 Å². The van der Waals surface area contributed by atoms with Gasteiger partial charge in [0.2, 0.25) is 0 Å². The van der Waals surface area contributed by atoms with Crippen LogP contribution in [-0.2, 0) is 11.2 Å². The van der Waals surface area contributed by atoms with Gasteiger partial charge in [0.1, 0.15) is 5.78 Å². The largest absolute Gasteiger partial charge is 0.300 e. The highest BCUT2D eigenvalue weighted by molar-refractivity contribution is 9.10. The van der Waals surface area contributed by atoms with E-state index in [0.29, 0.717) is 11.7 Å². The zero-order chi connectivity index (χ0) is 10.7. The van der Waals surface area contributed by atoms with Gasteiger partial charge in [-0.3, -0.25) is 4.79 Å². The number of hydrogen-bond acceptors (Lipinski definition) is 2. The summed E-state index contributed by atoms with van der Waals surface area (Å²) in [7, 11) is 0. The number of thiophene rings is 1. The summed E-state index contributed by atoms with van der Waals surface area (Å²) in [5.41, 5.74) is 0. The van der Waals surface area contributed by atoms with Crippen molar-refractivity contribution in [3.63, 3.8) is 0 Å². The topological polar surface area (TPSA) is 17.1 Å². The second kappa shape index (κ2) is 5.26. The highest BCUT2D eigenvalue weighted by atomic mass is 79.9. The van der Waals surface area contributed by atoms with Crippen molar-refractivity contribution >= 4 is 33.0 Å². The van der Waals surface area contributed by atoms with Crippen LogP contribution in [0.25, 0.3) is 0 Å². The average Bonchev–Trinajstić information content (AvgIpc) is 2.46. The molecule has 0 amide bonds. The summed E-state index contributed by atoms with van der Waals surface area (Å²) in [5.74, 6) is 1.05. The molecule has 0 spiro atoms. The molecule has 0 N–H and O–H groups in total.